The molecule has 2 heterocycles. The Hall–Kier alpha value is -0.960. The minimum absolute atomic E-state index is 0.0883. The minimum Gasteiger partial charge on any atom is -0.374 e. The van der Waals surface area contributed by atoms with Gasteiger partial charge in [0, 0.05) is 6.54 Å². The van der Waals surface area contributed by atoms with Gasteiger partial charge in [-0.3, -0.25) is 0 Å². The van der Waals surface area contributed by atoms with Crippen molar-refractivity contribution in [3.63, 3.8) is 0 Å². The number of fused-ring (bicyclic) bond motifs is 1. The molecule has 0 N–H and O–H groups in total. The molecular weight excluding hydrogens is 314 g/mol. The molecule has 21 heavy (non-hydrogen) atoms. The van der Waals surface area contributed by atoms with Crippen molar-refractivity contribution in [2.24, 2.45) is 0 Å². The fourth-order valence-corrected chi connectivity index (χ4v) is 6.62. The quantitative estimate of drug-likeness (QED) is 0.780. The second kappa shape index (κ2) is 5.35. The molecule has 2 saturated heterocycles. The lowest BCUT2D eigenvalue weighted by atomic mass is 10.2. The Morgan fingerprint density at radius 3 is 2.62 bits per heavy atom. The highest BCUT2D eigenvalue weighted by Gasteiger charge is 2.47. The summed E-state index contributed by atoms with van der Waals surface area (Å²) in [5, 5.41) is 0. The molecule has 0 aliphatic carbocycles. The molecule has 0 bridgehead atoms. The van der Waals surface area contributed by atoms with E-state index in [2.05, 4.69) is 0 Å². The van der Waals surface area contributed by atoms with Crippen molar-refractivity contribution in [1.29, 1.82) is 0 Å². The van der Waals surface area contributed by atoms with Crippen LogP contribution in [-0.2, 0) is 30.4 Å². The molecule has 0 saturated carbocycles. The van der Waals surface area contributed by atoms with Crippen molar-refractivity contribution in [2.75, 3.05) is 24.7 Å². The first-order valence-electron chi connectivity index (χ1n) is 6.73. The molecule has 2 aliphatic heterocycles. The third-order valence-electron chi connectivity index (χ3n) is 3.83. The molecule has 2 fully saturated rings. The number of benzene rings is 1. The summed E-state index contributed by atoms with van der Waals surface area (Å²) >= 11 is 0. The van der Waals surface area contributed by atoms with Crippen molar-refractivity contribution in [2.45, 2.75) is 17.9 Å². The highest BCUT2D eigenvalue weighted by Crippen LogP contribution is 2.28. The van der Waals surface area contributed by atoms with E-state index in [0.29, 0.717) is 5.56 Å². The van der Waals surface area contributed by atoms with E-state index in [0.717, 1.165) is 0 Å². The van der Waals surface area contributed by atoms with E-state index in [4.69, 9.17) is 4.74 Å². The van der Waals surface area contributed by atoms with Gasteiger partial charge in [-0.25, -0.2) is 16.8 Å². The van der Waals surface area contributed by atoms with E-state index < -0.39 is 32.0 Å². The van der Waals surface area contributed by atoms with Crippen LogP contribution in [0.2, 0.25) is 0 Å². The average molecular weight is 331 g/mol. The number of morpholine rings is 1. The Balaban J connectivity index is 1.85. The first-order valence-corrected chi connectivity index (χ1v) is 10.2. The molecule has 1 aromatic carbocycles. The number of sulfone groups is 1. The highest BCUT2D eigenvalue weighted by molar-refractivity contribution is 7.92. The molecule has 0 spiro atoms. The highest BCUT2D eigenvalue weighted by atomic mass is 32.2. The first-order chi connectivity index (χ1) is 9.87. The summed E-state index contributed by atoms with van der Waals surface area (Å²) < 4.78 is 55.4. The third kappa shape index (κ3) is 3.13. The van der Waals surface area contributed by atoms with E-state index in [1.54, 1.807) is 24.3 Å². The third-order valence-corrected chi connectivity index (χ3v) is 7.39. The normalized spacial score (nSPS) is 29.1. The molecule has 0 amide bonds. The lowest BCUT2D eigenvalue weighted by Gasteiger charge is -2.35. The fraction of sp³-hybridized carbons (Fsp3) is 0.538. The van der Waals surface area contributed by atoms with Gasteiger partial charge in [-0.15, -0.1) is 0 Å². The Morgan fingerprint density at radius 1 is 1.19 bits per heavy atom. The fourth-order valence-electron chi connectivity index (χ4n) is 2.90. The zero-order chi connectivity index (χ0) is 15.1. The summed E-state index contributed by atoms with van der Waals surface area (Å²) in [6.45, 7) is 0.455. The van der Waals surface area contributed by atoms with Crippen molar-refractivity contribution < 1.29 is 21.6 Å². The van der Waals surface area contributed by atoms with Gasteiger partial charge in [-0.05, 0) is 5.56 Å². The van der Waals surface area contributed by atoms with E-state index >= 15 is 0 Å². The Bertz CT molecular complexity index is 714. The van der Waals surface area contributed by atoms with Crippen LogP contribution in [0.3, 0.4) is 0 Å². The number of sulfonamides is 1. The van der Waals surface area contributed by atoms with Crippen molar-refractivity contribution >= 4 is 19.9 Å². The van der Waals surface area contributed by atoms with E-state index in [-0.39, 0.29) is 30.4 Å². The van der Waals surface area contributed by atoms with Gasteiger partial charge in [0.2, 0.25) is 10.0 Å². The first kappa shape index (κ1) is 15.0. The number of nitrogens with zero attached hydrogens (tertiary/aromatic N) is 1. The van der Waals surface area contributed by atoms with Crippen LogP contribution in [0.4, 0.5) is 0 Å². The molecule has 0 radical (unpaired) electrons. The maximum atomic E-state index is 12.6. The van der Waals surface area contributed by atoms with Gasteiger partial charge in [0.05, 0.1) is 36.0 Å². The van der Waals surface area contributed by atoms with Gasteiger partial charge in [-0.2, -0.15) is 4.31 Å². The van der Waals surface area contributed by atoms with Crippen molar-refractivity contribution in [3.8, 4) is 0 Å². The summed E-state index contributed by atoms with van der Waals surface area (Å²) in [5.41, 5.74) is 0.696. The molecule has 2 aliphatic rings. The molecule has 6 nitrogen and oxygen atoms in total. The molecule has 0 aromatic heterocycles. The minimum atomic E-state index is -3.55. The van der Waals surface area contributed by atoms with Gasteiger partial charge < -0.3 is 4.74 Å². The van der Waals surface area contributed by atoms with Gasteiger partial charge in [0.15, 0.2) is 9.84 Å². The van der Waals surface area contributed by atoms with Crippen LogP contribution < -0.4 is 0 Å². The van der Waals surface area contributed by atoms with Crippen LogP contribution in [0.25, 0.3) is 0 Å². The van der Waals surface area contributed by atoms with Crippen molar-refractivity contribution in [3.05, 3.63) is 35.9 Å². The second-order valence-electron chi connectivity index (χ2n) is 5.41. The SMILES string of the molecule is O=S1(=O)CC2OCCN(S(=O)(=O)Cc3ccccc3)C2C1. The maximum Gasteiger partial charge on any atom is 0.218 e. The topological polar surface area (TPSA) is 80.8 Å². The average Bonchev–Trinajstić information content (AvgIpc) is 2.72. The Morgan fingerprint density at radius 2 is 1.90 bits per heavy atom. The zero-order valence-corrected chi connectivity index (χ0v) is 13.0. The van der Waals surface area contributed by atoms with Crippen LogP contribution in [0.5, 0.6) is 0 Å². The summed E-state index contributed by atoms with van der Waals surface area (Å²) in [7, 11) is -6.78. The number of hydrogen-bond acceptors (Lipinski definition) is 5. The van der Waals surface area contributed by atoms with Crippen LogP contribution in [-0.4, -0.2) is 57.9 Å². The molecule has 8 heteroatoms. The lowest BCUT2D eigenvalue weighted by molar-refractivity contribution is -0.0142. The molecule has 2 unspecified atom stereocenters. The van der Waals surface area contributed by atoms with Gasteiger partial charge in [0.25, 0.3) is 0 Å². The predicted octanol–water partition coefficient (Wildman–Crippen LogP) is 0.0142. The van der Waals surface area contributed by atoms with Gasteiger partial charge >= 0.3 is 0 Å². The standard InChI is InChI=1S/C13H17NO5S2/c15-20(16)9-12-13(10-20)19-7-6-14(12)21(17,18)8-11-4-2-1-3-5-11/h1-5,12-13H,6-10H2. The van der Waals surface area contributed by atoms with E-state index in [9.17, 15) is 16.8 Å². The van der Waals surface area contributed by atoms with Crippen LogP contribution in [0.1, 0.15) is 5.56 Å². The summed E-state index contributed by atoms with van der Waals surface area (Å²) in [5.74, 6) is -0.349. The van der Waals surface area contributed by atoms with E-state index in [1.807, 2.05) is 6.07 Å². The Kier molecular flexibility index (Phi) is 3.81. The second-order valence-corrected chi connectivity index (χ2v) is 9.48. The summed E-state index contributed by atoms with van der Waals surface area (Å²) in [4.78, 5) is 0. The number of hydrogen-bond donors (Lipinski definition) is 0. The summed E-state index contributed by atoms with van der Waals surface area (Å²) in [6, 6.07) is 8.31. The van der Waals surface area contributed by atoms with E-state index in [1.165, 1.54) is 4.31 Å². The molecular formula is C13H17NO5S2. The zero-order valence-electron chi connectivity index (χ0n) is 11.4. The molecule has 116 valence electrons. The maximum absolute atomic E-state index is 12.6. The van der Waals surface area contributed by atoms with Gasteiger partial charge in [0.1, 0.15) is 0 Å². The summed E-state index contributed by atoms with van der Waals surface area (Å²) in [6.07, 6.45) is -0.533. The van der Waals surface area contributed by atoms with Crippen LogP contribution in [0.15, 0.2) is 30.3 Å². The van der Waals surface area contributed by atoms with Crippen LogP contribution in [0, 0.1) is 0 Å². The van der Waals surface area contributed by atoms with Crippen molar-refractivity contribution in [1.82, 2.24) is 4.31 Å². The lowest BCUT2D eigenvalue weighted by Crippen LogP contribution is -2.53. The van der Waals surface area contributed by atoms with Gasteiger partial charge in [-0.1, -0.05) is 30.3 Å². The molecule has 1 aromatic rings. The van der Waals surface area contributed by atoms with Crippen LogP contribution >= 0.6 is 0 Å². The largest absolute Gasteiger partial charge is 0.374 e. The molecule has 2 atom stereocenters. The monoisotopic (exact) mass is 331 g/mol. The molecule has 3 rings (SSSR count). The number of rotatable bonds is 3. The smallest absolute Gasteiger partial charge is 0.218 e. The predicted molar refractivity (Wildman–Crippen MR) is 78.0 cm³/mol. The number of ether oxygens (including phenoxy) is 1. The Labute approximate surface area is 124 Å².